The van der Waals surface area contributed by atoms with E-state index in [4.69, 9.17) is 4.74 Å². The van der Waals surface area contributed by atoms with Gasteiger partial charge in [0.05, 0.1) is 38.8 Å². The van der Waals surface area contributed by atoms with Gasteiger partial charge in [0.2, 0.25) is 5.82 Å². The van der Waals surface area contributed by atoms with Crippen molar-refractivity contribution in [3.63, 3.8) is 0 Å². The molecule has 1 fully saturated rings. The molecule has 2 aromatic rings. The lowest BCUT2D eigenvalue weighted by Gasteiger charge is -2.34. The van der Waals surface area contributed by atoms with Gasteiger partial charge in [-0.1, -0.05) is 6.92 Å². The number of piperazine rings is 1. The first kappa shape index (κ1) is 17.7. The molecule has 1 aliphatic heterocycles. The molecule has 3 rings (SSSR count). The quantitative estimate of drug-likeness (QED) is 0.836. The van der Waals surface area contributed by atoms with Gasteiger partial charge in [0.25, 0.3) is 0 Å². The van der Waals surface area contributed by atoms with Crippen molar-refractivity contribution in [1.82, 2.24) is 20.2 Å². The summed E-state index contributed by atoms with van der Waals surface area (Å²) in [5, 5.41) is 12.4. The minimum Gasteiger partial charge on any atom is -0.497 e. The number of tetrazole rings is 1. The molecular formula is C18H29N6O+. The van der Waals surface area contributed by atoms with E-state index >= 15 is 0 Å². The summed E-state index contributed by atoms with van der Waals surface area (Å²) < 4.78 is 7.23. The van der Waals surface area contributed by atoms with Gasteiger partial charge in [-0.25, -0.2) is 4.68 Å². The maximum Gasteiger partial charge on any atom is 0.206 e. The van der Waals surface area contributed by atoms with Crippen molar-refractivity contribution in [2.24, 2.45) is 0 Å². The van der Waals surface area contributed by atoms with E-state index in [1.165, 1.54) is 10.6 Å². The molecule has 7 heteroatoms. The minimum absolute atomic E-state index is 0.0385. The van der Waals surface area contributed by atoms with Crippen LogP contribution in [0.4, 0.5) is 5.69 Å². The van der Waals surface area contributed by atoms with E-state index in [9.17, 15) is 0 Å². The van der Waals surface area contributed by atoms with Gasteiger partial charge in [-0.2, -0.15) is 0 Å². The fourth-order valence-corrected chi connectivity index (χ4v) is 3.21. The van der Waals surface area contributed by atoms with E-state index in [1.54, 1.807) is 7.11 Å². The number of ether oxygens (including phenoxy) is 1. The maximum absolute atomic E-state index is 5.24. The van der Waals surface area contributed by atoms with Crippen LogP contribution < -0.4 is 14.5 Å². The molecule has 1 aromatic heterocycles. The average Bonchev–Trinajstić information content (AvgIpc) is 3.11. The molecular weight excluding hydrogens is 316 g/mol. The lowest BCUT2D eigenvalue weighted by atomic mass is 10.0. The smallest absolute Gasteiger partial charge is 0.206 e. The standard InChI is InChI=1S/C18H28N6O/c1-5-18(2,3)24-17(19-20-21-24)14-22-10-12-23(13-11-22)15-6-8-16(25-4)9-7-15/h6-9H,5,10-14H2,1-4H3/p+1. The first-order valence-electron chi connectivity index (χ1n) is 9.04. The van der Waals surface area contributed by atoms with Crippen molar-refractivity contribution in [1.29, 1.82) is 0 Å². The third-order valence-corrected chi connectivity index (χ3v) is 5.29. The predicted molar refractivity (Wildman–Crippen MR) is 97.0 cm³/mol. The lowest BCUT2D eigenvalue weighted by molar-refractivity contribution is -0.915. The maximum atomic E-state index is 5.24. The van der Waals surface area contributed by atoms with Crippen LogP contribution in [-0.2, 0) is 12.1 Å². The molecule has 0 amide bonds. The van der Waals surface area contributed by atoms with Gasteiger partial charge >= 0.3 is 0 Å². The van der Waals surface area contributed by atoms with Gasteiger partial charge in [0.1, 0.15) is 12.3 Å². The number of methoxy groups -OCH3 is 1. The Morgan fingerprint density at radius 2 is 1.84 bits per heavy atom. The van der Waals surface area contributed by atoms with E-state index in [-0.39, 0.29) is 5.54 Å². The monoisotopic (exact) mass is 345 g/mol. The highest BCUT2D eigenvalue weighted by atomic mass is 16.5. The van der Waals surface area contributed by atoms with Crippen LogP contribution in [0.3, 0.4) is 0 Å². The number of hydrogen-bond donors (Lipinski definition) is 1. The van der Waals surface area contributed by atoms with Crippen molar-refractivity contribution < 1.29 is 9.64 Å². The molecule has 0 atom stereocenters. The summed E-state index contributed by atoms with van der Waals surface area (Å²) in [4.78, 5) is 3.97. The normalized spacial score (nSPS) is 16.2. The SMILES string of the molecule is CCC(C)(C)n1nnnc1C[NH+]1CCN(c2ccc(OC)cc2)CC1. The van der Waals surface area contributed by atoms with Crippen molar-refractivity contribution in [3.05, 3.63) is 30.1 Å². The van der Waals surface area contributed by atoms with E-state index in [2.05, 4.69) is 53.3 Å². The minimum atomic E-state index is -0.0385. The Balaban J connectivity index is 1.59. The number of benzene rings is 1. The van der Waals surface area contributed by atoms with Crippen LogP contribution in [0.5, 0.6) is 5.75 Å². The van der Waals surface area contributed by atoms with Crippen molar-refractivity contribution in [2.45, 2.75) is 39.3 Å². The Kier molecular flexibility index (Phi) is 5.22. The third kappa shape index (κ3) is 3.92. The van der Waals surface area contributed by atoms with Gasteiger partial charge < -0.3 is 14.5 Å². The molecule has 0 aliphatic carbocycles. The van der Waals surface area contributed by atoms with Gasteiger partial charge in [0.15, 0.2) is 0 Å². The van der Waals surface area contributed by atoms with Crippen LogP contribution in [0.1, 0.15) is 33.0 Å². The average molecular weight is 345 g/mol. The molecule has 7 nitrogen and oxygen atoms in total. The molecule has 0 saturated carbocycles. The fraction of sp³-hybridized carbons (Fsp3) is 0.611. The highest BCUT2D eigenvalue weighted by Crippen LogP contribution is 2.20. The van der Waals surface area contributed by atoms with Gasteiger partial charge in [0, 0.05) is 5.69 Å². The molecule has 25 heavy (non-hydrogen) atoms. The highest BCUT2D eigenvalue weighted by molar-refractivity contribution is 5.49. The van der Waals surface area contributed by atoms with Crippen LogP contribution in [0.2, 0.25) is 0 Å². The highest BCUT2D eigenvalue weighted by Gasteiger charge is 2.27. The molecule has 136 valence electrons. The molecule has 0 bridgehead atoms. The number of nitrogens with one attached hydrogen (secondary N) is 1. The summed E-state index contributed by atoms with van der Waals surface area (Å²) in [6.45, 7) is 11.7. The summed E-state index contributed by atoms with van der Waals surface area (Å²) >= 11 is 0. The molecule has 0 radical (unpaired) electrons. The second-order valence-corrected chi connectivity index (χ2v) is 7.28. The zero-order valence-corrected chi connectivity index (χ0v) is 15.7. The molecule has 1 aromatic carbocycles. The van der Waals surface area contributed by atoms with Crippen LogP contribution >= 0.6 is 0 Å². The molecule has 0 spiro atoms. The first-order valence-corrected chi connectivity index (χ1v) is 9.04. The first-order chi connectivity index (χ1) is 12.0. The van der Waals surface area contributed by atoms with Crippen LogP contribution in [0.25, 0.3) is 0 Å². The second-order valence-electron chi connectivity index (χ2n) is 7.28. The Morgan fingerprint density at radius 1 is 1.16 bits per heavy atom. The number of aromatic nitrogens is 4. The van der Waals surface area contributed by atoms with E-state index in [1.807, 2.05) is 16.8 Å². The molecule has 2 heterocycles. The Bertz CT molecular complexity index is 673. The zero-order chi connectivity index (χ0) is 17.9. The number of quaternary nitrogens is 1. The number of hydrogen-bond acceptors (Lipinski definition) is 5. The molecule has 0 unspecified atom stereocenters. The van der Waals surface area contributed by atoms with Crippen LogP contribution in [0.15, 0.2) is 24.3 Å². The molecule has 1 saturated heterocycles. The van der Waals surface area contributed by atoms with Crippen molar-refractivity contribution in [2.75, 3.05) is 38.2 Å². The summed E-state index contributed by atoms with van der Waals surface area (Å²) in [5.41, 5.74) is 1.22. The Labute approximate surface area is 149 Å². The largest absolute Gasteiger partial charge is 0.497 e. The lowest BCUT2D eigenvalue weighted by Crippen LogP contribution is -3.13. The molecule has 1 N–H and O–H groups in total. The van der Waals surface area contributed by atoms with E-state index in [0.717, 1.165) is 50.7 Å². The van der Waals surface area contributed by atoms with E-state index in [0.29, 0.717) is 0 Å². The fourth-order valence-electron chi connectivity index (χ4n) is 3.21. The van der Waals surface area contributed by atoms with Gasteiger partial charge in [-0.15, -0.1) is 5.10 Å². The van der Waals surface area contributed by atoms with Crippen molar-refractivity contribution in [3.8, 4) is 5.75 Å². The van der Waals surface area contributed by atoms with Crippen molar-refractivity contribution >= 4 is 5.69 Å². The zero-order valence-electron chi connectivity index (χ0n) is 15.7. The topological polar surface area (TPSA) is 60.5 Å². The Morgan fingerprint density at radius 3 is 2.44 bits per heavy atom. The molecule has 1 aliphatic rings. The second kappa shape index (κ2) is 7.39. The summed E-state index contributed by atoms with van der Waals surface area (Å²) in [6, 6.07) is 8.31. The number of rotatable bonds is 6. The summed E-state index contributed by atoms with van der Waals surface area (Å²) in [6.07, 6.45) is 1.01. The predicted octanol–water partition coefficient (Wildman–Crippen LogP) is 0.732. The number of nitrogens with zero attached hydrogens (tertiary/aromatic N) is 5. The number of anilines is 1. The van der Waals surface area contributed by atoms with Crippen LogP contribution in [0, 0.1) is 0 Å². The summed E-state index contributed by atoms with van der Waals surface area (Å²) in [5.74, 6) is 1.89. The van der Waals surface area contributed by atoms with Gasteiger partial charge in [-0.3, -0.25) is 0 Å². The van der Waals surface area contributed by atoms with E-state index < -0.39 is 0 Å². The Hall–Kier alpha value is -2.15. The van der Waals surface area contributed by atoms with Crippen LogP contribution in [-0.4, -0.2) is 53.5 Å². The summed E-state index contributed by atoms with van der Waals surface area (Å²) in [7, 11) is 1.70. The van der Waals surface area contributed by atoms with Gasteiger partial charge in [-0.05, 0) is 55.0 Å². The third-order valence-electron chi connectivity index (χ3n) is 5.29.